The minimum atomic E-state index is -0.772. The van der Waals surface area contributed by atoms with Gasteiger partial charge in [0.15, 0.2) is 5.83 Å². The van der Waals surface area contributed by atoms with Crippen LogP contribution in [0, 0.1) is 0 Å². The third-order valence-electron chi connectivity index (χ3n) is 1.55. The van der Waals surface area contributed by atoms with E-state index in [1.165, 1.54) is 0 Å². The predicted octanol–water partition coefficient (Wildman–Crippen LogP) is 0.346. The van der Waals surface area contributed by atoms with Crippen molar-refractivity contribution in [3.63, 3.8) is 0 Å². The van der Waals surface area contributed by atoms with Crippen molar-refractivity contribution in [2.75, 3.05) is 0 Å². The minimum absolute atomic E-state index is 0. The van der Waals surface area contributed by atoms with E-state index >= 15 is 0 Å². The molecule has 1 aromatic carbocycles. The molecule has 0 fully saturated rings. The van der Waals surface area contributed by atoms with Crippen LogP contribution in [0.25, 0.3) is 5.83 Å². The average Bonchev–Trinajstić information content (AvgIpc) is 2.30. The minimum Gasteiger partial charge on any atom is -0.264 e. The lowest BCUT2D eigenvalue weighted by molar-refractivity contribution is -0.113. The Morgan fingerprint density at radius 1 is 1.25 bits per heavy atom. The largest absolute Gasteiger partial charge is 0.306 e. The summed E-state index contributed by atoms with van der Waals surface area (Å²) in [6, 6.07) is 6.54. The van der Waals surface area contributed by atoms with Crippen molar-refractivity contribution in [1.29, 1.82) is 0 Å². The molecule has 0 unspecified atom stereocenters. The molecule has 2 rings (SSSR count). The van der Waals surface area contributed by atoms with E-state index in [0.29, 0.717) is 10.6 Å². The smallest absolute Gasteiger partial charge is 0.264 e. The van der Waals surface area contributed by atoms with Crippen LogP contribution in [0.5, 0.6) is 0 Å². The lowest BCUT2D eigenvalue weighted by atomic mass is 10.3. The number of rotatable bonds is 0. The first-order chi connectivity index (χ1) is 5.29. The number of amides is 1. The fraction of sp³-hybridized carbons (Fsp3) is 0. The van der Waals surface area contributed by atoms with Crippen LogP contribution >= 0.6 is 12.4 Å². The van der Waals surface area contributed by atoms with E-state index in [-0.39, 0.29) is 12.4 Å². The second kappa shape index (κ2) is 3.03. The Hall–Kier alpha value is -1.22. The van der Waals surface area contributed by atoms with Crippen LogP contribution in [-0.4, -0.2) is 5.91 Å². The lowest BCUT2D eigenvalue weighted by Crippen LogP contribution is -2.20. The van der Waals surface area contributed by atoms with Gasteiger partial charge in [-0.05, 0) is 12.1 Å². The van der Waals surface area contributed by atoms with Gasteiger partial charge < -0.3 is 0 Å². The molecule has 0 radical (unpaired) electrons. The zero-order chi connectivity index (χ0) is 7.84. The summed E-state index contributed by atoms with van der Waals surface area (Å²) in [5.74, 6) is -1.52. The van der Waals surface area contributed by atoms with Gasteiger partial charge in [0.25, 0.3) is 0 Å². The van der Waals surface area contributed by atoms with E-state index in [1.807, 2.05) is 0 Å². The SMILES string of the molecule is Cl.O=C1N=c2ccccc2=C1F. The summed E-state index contributed by atoms with van der Waals surface area (Å²) in [5.41, 5.74) is 0. The van der Waals surface area contributed by atoms with Crippen LogP contribution in [0.3, 0.4) is 0 Å². The Morgan fingerprint density at radius 3 is 2.58 bits per heavy atom. The molecule has 0 bridgehead atoms. The molecule has 1 heterocycles. The number of benzene rings is 1. The number of para-hydroxylation sites is 1. The van der Waals surface area contributed by atoms with Crippen molar-refractivity contribution in [3.8, 4) is 0 Å². The quantitative estimate of drug-likeness (QED) is 0.574. The van der Waals surface area contributed by atoms with Crippen molar-refractivity contribution in [1.82, 2.24) is 0 Å². The highest BCUT2D eigenvalue weighted by molar-refractivity contribution is 6.12. The fourth-order valence-corrected chi connectivity index (χ4v) is 1.03. The molecule has 1 aliphatic heterocycles. The van der Waals surface area contributed by atoms with Gasteiger partial charge in [-0.25, -0.2) is 9.38 Å². The standard InChI is InChI=1S/C8H4FNO.ClH/c9-7-5-3-1-2-4-6(5)10-8(7)11;/h1-4H;1H. The van der Waals surface area contributed by atoms with Gasteiger partial charge in [-0.15, -0.1) is 12.4 Å². The summed E-state index contributed by atoms with van der Waals surface area (Å²) < 4.78 is 12.8. The molecule has 62 valence electrons. The molecule has 1 aliphatic rings. The molecule has 1 aromatic rings. The van der Waals surface area contributed by atoms with Gasteiger partial charge in [0, 0.05) is 5.22 Å². The lowest BCUT2D eigenvalue weighted by Gasteiger charge is -1.79. The average molecular weight is 186 g/mol. The van der Waals surface area contributed by atoms with Gasteiger partial charge in [0.1, 0.15) is 0 Å². The van der Waals surface area contributed by atoms with Crippen LogP contribution < -0.4 is 10.6 Å². The molecule has 0 saturated heterocycles. The predicted molar refractivity (Wildman–Crippen MR) is 44.0 cm³/mol. The Bertz CT molecular complexity index is 441. The molecule has 0 aliphatic carbocycles. The van der Waals surface area contributed by atoms with Gasteiger partial charge in [-0.2, -0.15) is 0 Å². The Labute approximate surface area is 73.8 Å². The molecular weight excluding hydrogens is 181 g/mol. The summed E-state index contributed by atoms with van der Waals surface area (Å²) in [5, 5.41) is 0.729. The fourth-order valence-electron chi connectivity index (χ4n) is 1.03. The highest BCUT2D eigenvalue weighted by Crippen LogP contribution is 1.99. The van der Waals surface area contributed by atoms with Crippen molar-refractivity contribution in [3.05, 3.63) is 34.8 Å². The summed E-state index contributed by atoms with van der Waals surface area (Å²) >= 11 is 0. The van der Waals surface area contributed by atoms with E-state index in [1.54, 1.807) is 24.3 Å². The first kappa shape index (κ1) is 8.87. The summed E-state index contributed by atoms with van der Waals surface area (Å²) in [4.78, 5) is 14.1. The third-order valence-corrected chi connectivity index (χ3v) is 1.55. The third kappa shape index (κ3) is 1.12. The first-order valence-electron chi connectivity index (χ1n) is 3.17. The second-order valence-electron chi connectivity index (χ2n) is 2.25. The zero-order valence-electron chi connectivity index (χ0n) is 5.95. The van der Waals surface area contributed by atoms with E-state index in [0.717, 1.165) is 0 Å². The number of hydrogen-bond acceptors (Lipinski definition) is 1. The maximum absolute atomic E-state index is 12.8. The second-order valence-corrected chi connectivity index (χ2v) is 2.25. The first-order valence-corrected chi connectivity index (χ1v) is 3.17. The van der Waals surface area contributed by atoms with Crippen molar-refractivity contribution < 1.29 is 9.18 Å². The molecule has 1 amide bonds. The zero-order valence-corrected chi connectivity index (χ0v) is 6.77. The molecule has 2 nitrogen and oxygen atoms in total. The molecule has 0 saturated carbocycles. The molecule has 12 heavy (non-hydrogen) atoms. The van der Waals surface area contributed by atoms with Crippen LogP contribution in [-0.2, 0) is 4.79 Å². The van der Waals surface area contributed by atoms with Gasteiger partial charge >= 0.3 is 5.91 Å². The molecule has 4 heteroatoms. The monoisotopic (exact) mass is 185 g/mol. The Balaban J connectivity index is 0.000000720. The Morgan fingerprint density at radius 2 is 1.92 bits per heavy atom. The molecule has 0 N–H and O–H groups in total. The van der Waals surface area contributed by atoms with Crippen molar-refractivity contribution >= 4 is 24.1 Å². The molecule has 0 atom stereocenters. The van der Waals surface area contributed by atoms with Crippen LogP contribution in [0.2, 0.25) is 0 Å². The maximum Gasteiger partial charge on any atom is 0.306 e. The van der Waals surface area contributed by atoms with Gasteiger partial charge in [0.05, 0.1) is 5.36 Å². The number of fused-ring (bicyclic) bond motifs is 1. The van der Waals surface area contributed by atoms with E-state index in [4.69, 9.17) is 0 Å². The van der Waals surface area contributed by atoms with E-state index < -0.39 is 11.7 Å². The number of hydrogen-bond donors (Lipinski definition) is 0. The summed E-state index contributed by atoms with van der Waals surface area (Å²) in [7, 11) is 0. The van der Waals surface area contributed by atoms with Gasteiger partial charge in [-0.1, -0.05) is 12.1 Å². The van der Waals surface area contributed by atoms with Crippen LogP contribution in [0.4, 0.5) is 4.39 Å². The molecule has 0 aromatic heterocycles. The van der Waals surface area contributed by atoms with Crippen molar-refractivity contribution in [2.45, 2.75) is 0 Å². The van der Waals surface area contributed by atoms with Gasteiger partial charge in [-0.3, -0.25) is 4.79 Å². The normalized spacial score (nSPS) is 13.4. The maximum atomic E-state index is 12.8. The summed E-state index contributed by atoms with van der Waals surface area (Å²) in [6.45, 7) is 0. The molecule has 0 spiro atoms. The van der Waals surface area contributed by atoms with Gasteiger partial charge in [0.2, 0.25) is 0 Å². The number of nitrogens with zero attached hydrogens (tertiary/aromatic N) is 1. The number of carbonyl (C=O) groups is 1. The number of carbonyl (C=O) groups excluding carboxylic acids is 1. The van der Waals surface area contributed by atoms with Crippen LogP contribution in [0.1, 0.15) is 0 Å². The van der Waals surface area contributed by atoms with Crippen LogP contribution in [0.15, 0.2) is 29.3 Å². The molecular formula is C8H5ClFNO. The summed E-state index contributed by atoms with van der Waals surface area (Å²) in [6.07, 6.45) is 0. The number of halogens is 2. The van der Waals surface area contributed by atoms with E-state index in [9.17, 15) is 9.18 Å². The van der Waals surface area contributed by atoms with E-state index in [2.05, 4.69) is 4.99 Å². The highest BCUT2D eigenvalue weighted by Gasteiger charge is 2.14. The topological polar surface area (TPSA) is 29.4 Å². The Kier molecular flexibility index (Phi) is 2.24. The van der Waals surface area contributed by atoms with Crippen molar-refractivity contribution in [2.24, 2.45) is 4.99 Å². The highest BCUT2D eigenvalue weighted by atomic mass is 35.5.